The fourth-order valence-corrected chi connectivity index (χ4v) is 5.73. The number of nitrogens with one attached hydrogen (secondary N) is 1. The molecule has 5 rings (SSSR count). The SMILES string of the molecule is COC(=O)[C@@H]1C[C@@H]2CN1C(=O)[C@H](C(C)(C)C)NC(=O)O[C@@H]1C[C@H]1CCCCCc1nc3ccc(OC)cc3nc1O2. The van der Waals surface area contributed by atoms with E-state index in [1.165, 1.54) is 12.0 Å². The van der Waals surface area contributed by atoms with Gasteiger partial charge in [-0.1, -0.05) is 33.6 Å². The highest BCUT2D eigenvalue weighted by Gasteiger charge is 2.47. The van der Waals surface area contributed by atoms with E-state index < -0.39 is 35.7 Å². The molecule has 0 spiro atoms. The quantitative estimate of drug-likeness (QED) is 0.538. The Balaban J connectivity index is 1.49. The van der Waals surface area contributed by atoms with Gasteiger partial charge in [-0.25, -0.2) is 19.6 Å². The minimum Gasteiger partial charge on any atom is -0.497 e. The van der Waals surface area contributed by atoms with E-state index in [0.29, 0.717) is 29.5 Å². The second-order valence-electron chi connectivity index (χ2n) is 12.3. The lowest BCUT2D eigenvalue weighted by Gasteiger charge is -2.34. The summed E-state index contributed by atoms with van der Waals surface area (Å²) in [5, 5.41) is 2.80. The van der Waals surface area contributed by atoms with Crippen molar-refractivity contribution in [3.63, 3.8) is 0 Å². The molecular formula is C30H40N4O7. The van der Waals surface area contributed by atoms with Crippen molar-refractivity contribution in [2.45, 2.75) is 90.0 Å². The van der Waals surface area contributed by atoms with Crippen LogP contribution >= 0.6 is 0 Å². The number of ether oxygens (including phenoxy) is 4. The third kappa shape index (κ3) is 6.49. The number of nitrogens with zero attached hydrogens (tertiary/aromatic N) is 3. The van der Waals surface area contributed by atoms with E-state index in [4.69, 9.17) is 28.9 Å². The molecule has 1 aromatic heterocycles. The van der Waals surface area contributed by atoms with Crippen molar-refractivity contribution < 1.29 is 33.3 Å². The fraction of sp³-hybridized carbons (Fsp3) is 0.633. The van der Waals surface area contributed by atoms with Crippen LogP contribution in [-0.4, -0.2) is 77.9 Å². The number of esters is 1. The molecule has 1 saturated carbocycles. The number of methoxy groups -OCH3 is 2. The van der Waals surface area contributed by atoms with Gasteiger partial charge in [-0.2, -0.15) is 0 Å². The summed E-state index contributed by atoms with van der Waals surface area (Å²) in [5.41, 5.74) is 1.48. The van der Waals surface area contributed by atoms with E-state index in [1.54, 1.807) is 7.11 Å². The molecule has 2 bridgehead atoms. The number of fused-ring (bicyclic) bond motifs is 5. The number of rotatable bonds is 2. The van der Waals surface area contributed by atoms with Gasteiger partial charge in [0.25, 0.3) is 0 Å². The van der Waals surface area contributed by atoms with Crippen LogP contribution in [0.15, 0.2) is 18.2 Å². The van der Waals surface area contributed by atoms with Gasteiger partial charge in [0.1, 0.15) is 35.7 Å². The maximum absolute atomic E-state index is 14.0. The zero-order valence-corrected chi connectivity index (χ0v) is 24.5. The van der Waals surface area contributed by atoms with Crippen LogP contribution in [0.1, 0.15) is 65.0 Å². The summed E-state index contributed by atoms with van der Waals surface area (Å²) >= 11 is 0. The van der Waals surface area contributed by atoms with Gasteiger partial charge in [-0.3, -0.25) is 4.79 Å². The van der Waals surface area contributed by atoms with Crippen LogP contribution in [0.25, 0.3) is 11.0 Å². The summed E-state index contributed by atoms with van der Waals surface area (Å²) < 4.78 is 22.5. The van der Waals surface area contributed by atoms with E-state index in [9.17, 15) is 14.4 Å². The van der Waals surface area contributed by atoms with Crippen LogP contribution in [0.4, 0.5) is 4.79 Å². The predicted molar refractivity (Wildman–Crippen MR) is 150 cm³/mol. The van der Waals surface area contributed by atoms with Crippen LogP contribution in [-0.2, 0) is 25.5 Å². The Morgan fingerprint density at radius 3 is 2.59 bits per heavy atom. The van der Waals surface area contributed by atoms with E-state index in [1.807, 2.05) is 39.0 Å². The van der Waals surface area contributed by atoms with Crippen LogP contribution < -0.4 is 14.8 Å². The molecule has 3 aliphatic rings. The highest BCUT2D eigenvalue weighted by Crippen LogP contribution is 2.39. The van der Waals surface area contributed by atoms with Crippen LogP contribution in [0, 0.1) is 11.3 Å². The zero-order valence-electron chi connectivity index (χ0n) is 24.5. The second kappa shape index (κ2) is 11.7. The van der Waals surface area contributed by atoms with Gasteiger partial charge < -0.3 is 29.2 Å². The number of aromatic nitrogens is 2. The van der Waals surface area contributed by atoms with Crippen LogP contribution in [0.2, 0.25) is 0 Å². The monoisotopic (exact) mass is 568 g/mol. The average Bonchev–Trinajstić information content (AvgIpc) is 3.53. The first-order chi connectivity index (χ1) is 19.6. The minimum atomic E-state index is -0.916. The topological polar surface area (TPSA) is 129 Å². The molecule has 2 amide bonds. The van der Waals surface area contributed by atoms with Crippen molar-refractivity contribution in [1.82, 2.24) is 20.2 Å². The number of alkyl carbamates (subject to hydrolysis) is 1. The van der Waals surface area contributed by atoms with Crippen LogP contribution in [0.3, 0.4) is 0 Å². The number of benzene rings is 1. The van der Waals surface area contributed by atoms with E-state index >= 15 is 0 Å². The van der Waals surface area contributed by atoms with Gasteiger partial charge in [0.05, 0.1) is 31.8 Å². The van der Waals surface area contributed by atoms with Crippen molar-refractivity contribution in [3.8, 4) is 11.6 Å². The van der Waals surface area contributed by atoms with Gasteiger partial charge >= 0.3 is 12.1 Å². The molecule has 2 fully saturated rings. The Labute approximate surface area is 240 Å². The lowest BCUT2D eigenvalue weighted by Crippen LogP contribution is -2.57. The molecule has 1 aliphatic carbocycles. The van der Waals surface area contributed by atoms with E-state index in [-0.39, 0.29) is 25.0 Å². The standard InChI is InChI=1S/C30H40N4O7/c1-30(2,3)25-27(35)34-16-19(15-23(34)28(36)39-5)40-26-21(31-20-12-11-18(38-4)14-22(20)32-26)10-8-6-7-9-17-13-24(17)41-29(37)33-25/h11-12,14,17,19,23-25H,6-10,13,15-16H2,1-5H3,(H,33,37)/t17-,19-,23+,24-,25-/m1/s1. The lowest BCUT2D eigenvalue weighted by molar-refractivity contribution is -0.152. The van der Waals surface area contributed by atoms with Crippen molar-refractivity contribution in [2.24, 2.45) is 11.3 Å². The third-order valence-corrected chi connectivity index (χ3v) is 8.18. The van der Waals surface area contributed by atoms with Crippen molar-refractivity contribution in [2.75, 3.05) is 20.8 Å². The molecule has 2 aromatic rings. The van der Waals surface area contributed by atoms with Gasteiger partial charge in [0.2, 0.25) is 11.8 Å². The summed E-state index contributed by atoms with van der Waals surface area (Å²) in [4.78, 5) is 50.8. The first kappa shape index (κ1) is 28.9. The summed E-state index contributed by atoms with van der Waals surface area (Å²) in [6.07, 6.45) is 4.35. The molecule has 11 nitrogen and oxygen atoms in total. The zero-order chi connectivity index (χ0) is 29.3. The highest BCUT2D eigenvalue weighted by atomic mass is 16.6. The van der Waals surface area contributed by atoms with Gasteiger partial charge in [0, 0.05) is 12.5 Å². The second-order valence-corrected chi connectivity index (χ2v) is 12.3. The molecule has 2 aliphatic heterocycles. The summed E-state index contributed by atoms with van der Waals surface area (Å²) in [6, 6.07) is 3.76. The largest absolute Gasteiger partial charge is 0.497 e. The number of carbonyl (C=O) groups is 3. The molecule has 0 radical (unpaired) electrons. The molecule has 11 heteroatoms. The third-order valence-electron chi connectivity index (χ3n) is 8.18. The average molecular weight is 569 g/mol. The number of amides is 2. The Hall–Kier alpha value is -3.63. The first-order valence-corrected chi connectivity index (χ1v) is 14.4. The number of carbonyl (C=O) groups excluding carboxylic acids is 3. The molecule has 5 atom stereocenters. The molecule has 1 N–H and O–H groups in total. The van der Waals surface area contributed by atoms with Crippen molar-refractivity contribution in [1.29, 1.82) is 0 Å². The maximum atomic E-state index is 14.0. The predicted octanol–water partition coefficient (Wildman–Crippen LogP) is 3.81. The maximum Gasteiger partial charge on any atom is 0.408 e. The van der Waals surface area contributed by atoms with E-state index in [0.717, 1.165) is 43.3 Å². The smallest absolute Gasteiger partial charge is 0.408 e. The van der Waals surface area contributed by atoms with E-state index in [2.05, 4.69) is 5.32 Å². The first-order valence-electron chi connectivity index (χ1n) is 14.4. The summed E-state index contributed by atoms with van der Waals surface area (Å²) in [6.45, 7) is 5.72. The molecule has 222 valence electrons. The van der Waals surface area contributed by atoms with Crippen molar-refractivity contribution >= 4 is 29.0 Å². The number of hydrogen-bond acceptors (Lipinski definition) is 9. The highest BCUT2D eigenvalue weighted by molar-refractivity contribution is 5.91. The molecular weight excluding hydrogens is 528 g/mol. The Bertz CT molecular complexity index is 1310. The Morgan fingerprint density at radius 1 is 1.05 bits per heavy atom. The molecule has 41 heavy (non-hydrogen) atoms. The fourth-order valence-electron chi connectivity index (χ4n) is 5.73. The Morgan fingerprint density at radius 2 is 1.85 bits per heavy atom. The Kier molecular flexibility index (Phi) is 8.24. The normalized spacial score (nSPS) is 27.3. The molecule has 1 aromatic carbocycles. The lowest BCUT2D eigenvalue weighted by atomic mass is 9.85. The molecule has 1 saturated heterocycles. The number of aryl methyl sites for hydroxylation is 1. The molecule has 3 heterocycles. The van der Waals surface area contributed by atoms with Gasteiger partial charge in [0.15, 0.2) is 0 Å². The minimum absolute atomic E-state index is 0.129. The summed E-state index contributed by atoms with van der Waals surface area (Å²) in [7, 11) is 2.89. The van der Waals surface area contributed by atoms with Crippen LogP contribution in [0.5, 0.6) is 11.6 Å². The van der Waals surface area contributed by atoms with Gasteiger partial charge in [-0.05, 0) is 49.1 Å². The summed E-state index contributed by atoms with van der Waals surface area (Å²) in [5.74, 6) is 0.458. The van der Waals surface area contributed by atoms with Gasteiger partial charge in [-0.15, -0.1) is 0 Å². The van der Waals surface area contributed by atoms with Crippen molar-refractivity contribution in [3.05, 3.63) is 23.9 Å². The number of hydrogen-bond donors (Lipinski definition) is 1. The molecule has 0 unspecified atom stereocenters.